The molecular formula is C18H29ClN4O3S. The van der Waals surface area contributed by atoms with E-state index in [1.807, 2.05) is 0 Å². The van der Waals surface area contributed by atoms with Crippen molar-refractivity contribution in [2.24, 2.45) is 5.92 Å². The minimum atomic E-state index is -3.54. The quantitative estimate of drug-likeness (QED) is 0.740. The van der Waals surface area contributed by atoms with Crippen LogP contribution in [0.4, 0.5) is 0 Å². The van der Waals surface area contributed by atoms with Gasteiger partial charge in [0.15, 0.2) is 0 Å². The lowest BCUT2D eigenvalue weighted by atomic mass is 10.1. The number of H-pyrrole nitrogens is 1. The van der Waals surface area contributed by atoms with Gasteiger partial charge in [0.2, 0.25) is 10.0 Å². The Bertz CT molecular complexity index is 748. The Morgan fingerprint density at radius 1 is 1.11 bits per heavy atom. The van der Waals surface area contributed by atoms with Gasteiger partial charge in [0.25, 0.3) is 5.91 Å². The molecule has 0 atom stereocenters. The normalized spacial score (nSPS) is 22.0. The Morgan fingerprint density at radius 2 is 1.78 bits per heavy atom. The molecule has 4 rings (SSSR count). The summed E-state index contributed by atoms with van der Waals surface area (Å²) >= 11 is 0. The van der Waals surface area contributed by atoms with E-state index in [4.69, 9.17) is 0 Å². The lowest BCUT2D eigenvalue weighted by molar-refractivity contribution is 0.0787. The van der Waals surface area contributed by atoms with Gasteiger partial charge in [0.1, 0.15) is 10.6 Å². The molecule has 0 radical (unpaired) electrons. The minimum Gasteiger partial charge on any atom is -0.356 e. The maximum Gasteiger partial charge on any atom is 0.270 e. The molecule has 1 aromatic rings. The first kappa shape index (κ1) is 20.6. The number of piperidine rings is 1. The molecular weight excluding hydrogens is 388 g/mol. The van der Waals surface area contributed by atoms with Gasteiger partial charge in [-0.05, 0) is 57.1 Å². The molecule has 1 aliphatic carbocycles. The molecule has 3 fully saturated rings. The van der Waals surface area contributed by atoms with Crippen LogP contribution in [0.1, 0.15) is 49.0 Å². The van der Waals surface area contributed by atoms with Crippen molar-refractivity contribution in [3.63, 3.8) is 0 Å². The number of nitrogens with one attached hydrogen (secondary N) is 2. The summed E-state index contributed by atoms with van der Waals surface area (Å²) in [6, 6.07) is 1.91. The van der Waals surface area contributed by atoms with Gasteiger partial charge in [-0.1, -0.05) is 0 Å². The van der Waals surface area contributed by atoms with Crippen LogP contribution >= 0.6 is 12.4 Å². The summed E-state index contributed by atoms with van der Waals surface area (Å²) in [5, 5.41) is 3.57. The first-order valence-electron chi connectivity index (χ1n) is 9.75. The SMILES string of the molecule is Cl.O=C(c1cc(S(=O)(=O)N2CCC(NCC3CC3)CC2)c[nH]1)N1CCCC1. The van der Waals surface area contributed by atoms with Crippen molar-refractivity contribution < 1.29 is 13.2 Å². The number of carbonyl (C=O) groups excluding carboxylic acids is 1. The number of hydrogen-bond acceptors (Lipinski definition) is 4. The monoisotopic (exact) mass is 416 g/mol. The molecule has 1 saturated carbocycles. The fraction of sp³-hybridized carbons (Fsp3) is 0.722. The number of aromatic nitrogens is 1. The van der Waals surface area contributed by atoms with E-state index in [0.29, 0.717) is 24.8 Å². The first-order valence-corrected chi connectivity index (χ1v) is 11.2. The first-order chi connectivity index (χ1) is 12.5. The number of likely N-dealkylation sites (tertiary alicyclic amines) is 1. The van der Waals surface area contributed by atoms with Crippen LogP contribution in [0.2, 0.25) is 0 Å². The predicted octanol–water partition coefficient (Wildman–Crippen LogP) is 1.83. The van der Waals surface area contributed by atoms with Gasteiger partial charge in [-0.3, -0.25) is 4.79 Å². The van der Waals surface area contributed by atoms with E-state index in [1.165, 1.54) is 25.1 Å². The van der Waals surface area contributed by atoms with Crippen LogP contribution < -0.4 is 5.32 Å². The summed E-state index contributed by atoms with van der Waals surface area (Å²) in [6.07, 6.45) is 7.82. The number of sulfonamides is 1. The third-order valence-corrected chi connectivity index (χ3v) is 7.64. The van der Waals surface area contributed by atoms with Crippen molar-refractivity contribution in [1.29, 1.82) is 0 Å². The molecule has 7 nitrogen and oxygen atoms in total. The number of halogens is 1. The standard InChI is InChI=1S/C18H28N4O3S.ClH/c23-18(21-7-1-2-8-21)17-11-16(13-20-17)26(24,25)22-9-5-15(6-10-22)19-12-14-3-4-14;/h11,13-15,19-20H,1-10,12H2;1H. The number of amides is 1. The fourth-order valence-electron chi connectivity index (χ4n) is 3.84. The molecule has 0 spiro atoms. The van der Waals surface area contributed by atoms with Gasteiger partial charge in [-0.25, -0.2) is 8.42 Å². The van der Waals surface area contributed by atoms with Gasteiger partial charge < -0.3 is 15.2 Å². The van der Waals surface area contributed by atoms with E-state index >= 15 is 0 Å². The minimum absolute atomic E-state index is 0. The second-order valence-electron chi connectivity index (χ2n) is 7.78. The summed E-state index contributed by atoms with van der Waals surface area (Å²) in [5.41, 5.74) is 0.367. The molecule has 2 N–H and O–H groups in total. The van der Waals surface area contributed by atoms with Crippen LogP contribution in [0.15, 0.2) is 17.2 Å². The van der Waals surface area contributed by atoms with Crippen LogP contribution in [0, 0.1) is 5.92 Å². The number of nitrogens with zero attached hydrogens (tertiary/aromatic N) is 2. The highest BCUT2D eigenvalue weighted by Gasteiger charge is 2.32. The van der Waals surface area contributed by atoms with Crippen molar-refractivity contribution in [3.05, 3.63) is 18.0 Å². The molecule has 1 amide bonds. The molecule has 2 aliphatic heterocycles. The van der Waals surface area contributed by atoms with Crippen LogP contribution in [-0.4, -0.2) is 67.3 Å². The molecule has 3 aliphatic rings. The lowest BCUT2D eigenvalue weighted by Gasteiger charge is -2.31. The Labute approximate surface area is 167 Å². The van der Waals surface area contributed by atoms with Gasteiger partial charge in [-0.2, -0.15) is 4.31 Å². The van der Waals surface area contributed by atoms with Crippen LogP contribution in [0.25, 0.3) is 0 Å². The van der Waals surface area contributed by atoms with E-state index in [0.717, 1.165) is 51.2 Å². The molecule has 152 valence electrons. The molecule has 2 saturated heterocycles. The average Bonchev–Trinajstić information content (AvgIpc) is 3.13. The molecule has 0 bridgehead atoms. The summed E-state index contributed by atoms with van der Waals surface area (Å²) < 4.78 is 27.3. The van der Waals surface area contributed by atoms with E-state index in [9.17, 15) is 13.2 Å². The summed E-state index contributed by atoms with van der Waals surface area (Å²) in [6.45, 7) is 3.64. The van der Waals surface area contributed by atoms with E-state index < -0.39 is 10.0 Å². The molecule has 0 unspecified atom stereocenters. The zero-order valence-electron chi connectivity index (χ0n) is 15.5. The van der Waals surface area contributed by atoms with Crippen molar-refractivity contribution >= 4 is 28.3 Å². The van der Waals surface area contributed by atoms with E-state index in [2.05, 4.69) is 10.3 Å². The van der Waals surface area contributed by atoms with Crippen molar-refractivity contribution in [2.75, 3.05) is 32.7 Å². The maximum absolute atomic E-state index is 12.9. The third kappa shape index (κ3) is 4.67. The van der Waals surface area contributed by atoms with Crippen molar-refractivity contribution in [1.82, 2.24) is 19.5 Å². The number of hydrogen-bond donors (Lipinski definition) is 2. The largest absolute Gasteiger partial charge is 0.356 e. The van der Waals surface area contributed by atoms with E-state index in [1.54, 1.807) is 9.21 Å². The topological polar surface area (TPSA) is 85.5 Å². The molecule has 27 heavy (non-hydrogen) atoms. The van der Waals surface area contributed by atoms with Gasteiger partial charge in [-0.15, -0.1) is 12.4 Å². The highest BCUT2D eigenvalue weighted by Crippen LogP contribution is 2.28. The third-order valence-electron chi connectivity index (χ3n) is 5.76. The molecule has 3 heterocycles. The summed E-state index contributed by atoms with van der Waals surface area (Å²) in [7, 11) is -3.54. The zero-order chi connectivity index (χ0) is 18.1. The van der Waals surface area contributed by atoms with Gasteiger partial charge in [0, 0.05) is 38.4 Å². The Balaban J connectivity index is 0.00000210. The van der Waals surface area contributed by atoms with Crippen LogP contribution in [0.3, 0.4) is 0 Å². The van der Waals surface area contributed by atoms with Crippen molar-refractivity contribution in [2.45, 2.75) is 49.5 Å². The Hall–Kier alpha value is -1.09. The zero-order valence-corrected chi connectivity index (χ0v) is 17.2. The summed E-state index contributed by atoms with van der Waals surface area (Å²) in [5.74, 6) is 0.732. The highest BCUT2D eigenvalue weighted by molar-refractivity contribution is 7.89. The predicted molar refractivity (Wildman–Crippen MR) is 106 cm³/mol. The average molecular weight is 417 g/mol. The second kappa shape index (κ2) is 8.51. The Kier molecular flexibility index (Phi) is 6.50. The van der Waals surface area contributed by atoms with E-state index in [-0.39, 0.29) is 23.2 Å². The smallest absolute Gasteiger partial charge is 0.270 e. The Morgan fingerprint density at radius 3 is 2.41 bits per heavy atom. The number of carbonyl (C=O) groups is 1. The van der Waals surface area contributed by atoms with Crippen LogP contribution in [0.5, 0.6) is 0 Å². The number of rotatable bonds is 6. The van der Waals surface area contributed by atoms with Gasteiger partial charge in [0.05, 0.1) is 0 Å². The fourth-order valence-corrected chi connectivity index (χ4v) is 5.31. The number of aromatic amines is 1. The highest BCUT2D eigenvalue weighted by atomic mass is 35.5. The second-order valence-corrected chi connectivity index (χ2v) is 9.72. The molecule has 0 aromatic carbocycles. The van der Waals surface area contributed by atoms with Crippen molar-refractivity contribution in [3.8, 4) is 0 Å². The van der Waals surface area contributed by atoms with Crippen LogP contribution in [-0.2, 0) is 10.0 Å². The van der Waals surface area contributed by atoms with Gasteiger partial charge >= 0.3 is 0 Å². The maximum atomic E-state index is 12.9. The molecule has 1 aromatic heterocycles. The molecule has 9 heteroatoms. The lowest BCUT2D eigenvalue weighted by Crippen LogP contribution is -2.45. The summed E-state index contributed by atoms with van der Waals surface area (Å²) in [4.78, 5) is 17.3.